The van der Waals surface area contributed by atoms with E-state index in [1.807, 2.05) is 18.3 Å². The third-order valence-corrected chi connectivity index (χ3v) is 8.39. The van der Waals surface area contributed by atoms with Crippen LogP contribution in [-0.2, 0) is 0 Å². The van der Waals surface area contributed by atoms with Crippen molar-refractivity contribution in [1.29, 1.82) is 0 Å². The van der Waals surface area contributed by atoms with Gasteiger partial charge in [0, 0.05) is 35.8 Å². The summed E-state index contributed by atoms with van der Waals surface area (Å²) in [7, 11) is 3.73. The highest BCUT2D eigenvalue weighted by Crippen LogP contribution is 2.43. The van der Waals surface area contributed by atoms with Crippen LogP contribution in [0.3, 0.4) is 0 Å². The Labute approximate surface area is 219 Å². The fourth-order valence-corrected chi connectivity index (χ4v) is 6.47. The van der Waals surface area contributed by atoms with Crippen LogP contribution in [0.5, 0.6) is 5.75 Å². The molecule has 3 aliphatic rings. The third kappa shape index (κ3) is 5.28. The normalized spacial score (nSPS) is 25.2. The van der Waals surface area contributed by atoms with Gasteiger partial charge in [-0.05, 0) is 82.8 Å². The van der Waals surface area contributed by atoms with E-state index in [0.29, 0.717) is 23.0 Å². The van der Waals surface area contributed by atoms with Crippen LogP contribution in [-0.4, -0.2) is 66.4 Å². The molecule has 200 valence electrons. The van der Waals surface area contributed by atoms with Gasteiger partial charge in [0.25, 0.3) is 5.91 Å². The van der Waals surface area contributed by atoms with Crippen LogP contribution in [0, 0.1) is 0 Å². The van der Waals surface area contributed by atoms with Gasteiger partial charge in [0.1, 0.15) is 17.3 Å². The zero-order chi connectivity index (χ0) is 26.1. The Bertz CT molecular complexity index is 1140. The van der Waals surface area contributed by atoms with Gasteiger partial charge in [-0.3, -0.25) is 9.89 Å². The average molecular weight is 508 g/mol. The molecule has 2 aromatic rings. The number of fused-ring (bicyclic) bond motifs is 1. The third-order valence-electron chi connectivity index (χ3n) is 8.39. The number of piperidine rings is 1. The first-order valence-corrected chi connectivity index (χ1v) is 13.6. The largest absolute Gasteiger partial charge is 0.495 e. The lowest BCUT2D eigenvalue weighted by molar-refractivity contribution is 0.0914. The van der Waals surface area contributed by atoms with Crippen molar-refractivity contribution in [3.8, 4) is 5.75 Å². The van der Waals surface area contributed by atoms with Crippen molar-refractivity contribution < 1.29 is 9.53 Å². The Morgan fingerprint density at radius 3 is 2.78 bits per heavy atom. The maximum absolute atomic E-state index is 13.6. The van der Waals surface area contributed by atoms with Crippen LogP contribution in [0.15, 0.2) is 30.6 Å². The molecule has 9 heteroatoms. The van der Waals surface area contributed by atoms with Crippen LogP contribution in [0.1, 0.15) is 73.7 Å². The van der Waals surface area contributed by atoms with Gasteiger partial charge < -0.3 is 30.9 Å². The molecule has 1 aromatic carbocycles. The van der Waals surface area contributed by atoms with Gasteiger partial charge >= 0.3 is 0 Å². The number of rotatable bonds is 5. The summed E-state index contributed by atoms with van der Waals surface area (Å²) < 4.78 is 5.52. The van der Waals surface area contributed by atoms with Crippen LogP contribution in [0.4, 0.5) is 17.2 Å². The van der Waals surface area contributed by atoms with Gasteiger partial charge in [0.2, 0.25) is 0 Å². The predicted molar refractivity (Wildman–Crippen MR) is 148 cm³/mol. The van der Waals surface area contributed by atoms with Crippen molar-refractivity contribution in [1.82, 2.24) is 20.4 Å². The minimum absolute atomic E-state index is 0.0236. The van der Waals surface area contributed by atoms with Crippen LogP contribution >= 0.6 is 0 Å². The van der Waals surface area contributed by atoms with Crippen molar-refractivity contribution in [2.24, 2.45) is 0 Å². The Balaban J connectivity index is 1.42. The molecule has 37 heavy (non-hydrogen) atoms. The SMILES string of the molecule is C=C1CC(C)N(C2CCCC(c3cc(N)c(OC)cc3C(=O)NC3CCN(C)CC3)C2)c2[nH]ncc2N1. The first kappa shape index (κ1) is 25.4. The molecule has 0 radical (unpaired) electrons. The van der Waals surface area contributed by atoms with Gasteiger partial charge in [-0.25, -0.2) is 0 Å². The van der Waals surface area contributed by atoms with Crippen molar-refractivity contribution in [3.63, 3.8) is 0 Å². The molecule has 2 fully saturated rings. The quantitative estimate of drug-likeness (QED) is 0.451. The first-order valence-electron chi connectivity index (χ1n) is 13.6. The Hall–Kier alpha value is -3.20. The molecule has 3 unspecified atom stereocenters. The number of likely N-dealkylation sites (tertiary alicyclic amines) is 1. The van der Waals surface area contributed by atoms with E-state index in [-0.39, 0.29) is 23.9 Å². The lowest BCUT2D eigenvalue weighted by atomic mass is 9.78. The molecule has 0 spiro atoms. The standard InChI is InChI=1S/C28H41N7O2/c1-17-12-18(2)35(27-25(31-17)16-30-33-27)21-7-5-6-19(13-21)22-14-24(29)26(37-4)15-23(22)28(36)32-20-8-10-34(3)11-9-20/h14-16,18-21,31H,1,5-13,29H2,2-4H3,(H,30,33)(H,32,36). The number of nitrogens with one attached hydrogen (secondary N) is 3. The molecule has 1 amide bonds. The minimum Gasteiger partial charge on any atom is -0.495 e. The smallest absolute Gasteiger partial charge is 0.251 e. The summed E-state index contributed by atoms with van der Waals surface area (Å²) >= 11 is 0. The van der Waals surface area contributed by atoms with Crippen molar-refractivity contribution in [2.45, 2.75) is 75.9 Å². The zero-order valence-electron chi connectivity index (χ0n) is 22.3. The number of aromatic amines is 1. The number of H-pyrrole nitrogens is 1. The summed E-state index contributed by atoms with van der Waals surface area (Å²) in [4.78, 5) is 18.4. The highest BCUT2D eigenvalue weighted by atomic mass is 16.5. The number of carbonyl (C=O) groups is 1. The molecule has 9 nitrogen and oxygen atoms in total. The predicted octanol–water partition coefficient (Wildman–Crippen LogP) is 4.08. The van der Waals surface area contributed by atoms with E-state index < -0.39 is 0 Å². The Morgan fingerprint density at radius 2 is 2.03 bits per heavy atom. The second-order valence-corrected chi connectivity index (χ2v) is 11.1. The van der Waals surface area contributed by atoms with Gasteiger partial charge in [0.05, 0.1) is 19.0 Å². The molecule has 2 aliphatic heterocycles. The number of nitrogens with zero attached hydrogens (tertiary/aromatic N) is 3. The van der Waals surface area contributed by atoms with Crippen LogP contribution in [0.25, 0.3) is 0 Å². The number of nitrogens with two attached hydrogens (primary N) is 1. The number of amides is 1. The molecule has 3 atom stereocenters. The summed E-state index contributed by atoms with van der Waals surface area (Å²) in [5, 5.41) is 14.3. The van der Waals surface area contributed by atoms with E-state index in [4.69, 9.17) is 10.5 Å². The lowest BCUT2D eigenvalue weighted by Crippen LogP contribution is -2.45. The van der Waals surface area contributed by atoms with Crippen molar-refractivity contribution >= 4 is 23.1 Å². The number of ether oxygens (including phenoxy) is 1. The first-order chi connectivity index (χ1) is 17.8. The molecule has 5 rings (SSSR count). The molecular formula is C28H41N7O2. The monoisotopic (exact) mass is 507 g/mol. The number of carbonyl (C=O) groups excluding carboxylic acids is 1. The highest BCUT2D eigenvalue weighted by Gasteiger charge is 2.35. The number of hydrogen-bond donors (Lipinski definition) is 4. The molecule has 1 aromatic heterocycles. The van der Waals surface area contributed by atoms with Gasteiger partial charge in [-0.1, -0.05) is 13.0 Å². The number of benzene rings is 1. The van der Waals surface area contributed by atoms with Gasteiger partial charge in [-0.15, -0.1) is 0 Å². The number of hydrogen-bond acceptors (Lipinski definition) is 7. The van der Waals surface area contributed by atoms with Gasteiger partial charge in [0.15, 0.2) is 0 Å². The lowest BCUT2D eigenvalue weighted by Gasteiger charge is -2.41. The zero-order valence-corrected chi connectivity index (χ0v) is 22.3. The van der Waals surface area contributed by atoms with E-state index in [9.17, 15) is 4.79 Å². The molecule has 3 heterocycles. The van der Waals surface area contributed by atoms with Gasteiger partial charge in [-0.2, -0.15) is 5.10 Å². The minimum atomic E-state index is -0.0236. The molecule has 1 saturated heterocycles. The second kappa shape index (κ2) is 10.7. The highest BCUT2D eigenvalue weighted by molar-refractivity contribution is 5.97. The van der Waals surface area contributed by atoms with E-state index in [0.717, 1.165) is 80.8 Å². The maximum Gasteiger partial charge on any atom is 0.251 e. The molecular weight excluding hydrogens is 466 g/mol. The number of nitrogen functional groups attached to an aromatic ring is 1. The Kier molecular flexibility index (Phi) is 7.33. The van der Waals surface area contributed by atoms with E-state index in [1.54, 1.807) is 7.11 Å². The number of anilines is 3. The molecule has 5 N–H and O–H groups in total. The van der Waals surface area contributed by atoms with Crippen LogP contribution < -0.4 is 26.0 Å². The summed E-state index contributed by atoms with van der Waals surface area (Å²) in [6.07, 6.45) is 8.77. The van der Waals surface area contributed by atoms with Crippen molar-refractivity contribution in [3.05, 3.63) is 41.7 Å². The number of methoxy groups -OCH3 is 1. The van der Waals surface area contributed by atoms with Crippen molar-refractivity contribution in [2.75, 3.05) is 43.2 Å². The molecule has 1 aliphatic carbocycles. The summed E-state index contributed by atoms with van der Waals surface area (Å²) in [6, 6.07) is 4.60. The summed E-state index contributed by atoms with van der Waals surface area (Å²) in [5.41, 5.74) is 10.7. The van der Waals surface area contributed by atoms with Crippen LogP contribution in [0.2, 0.25) is 0 Å². The summed E-state index contributed by atoms with van der Waals surface area (Å²) in [6.45, 7) is 8.45. The topological polar surface area (TPSA) is 112 Å². The average Bonchev–Trinajstić information content (AvgIpc) is 3.27. The van der Waals surface area contributed by atoms with E-state index in [2.05, 4.69) is 51.2 Å². The fraction of sp³-hybridized carbons (Fsp3) is 0.571. The molecule has 1 saturated carbocycles. The second-order valence-electron chi connectivity index (χ2n) is 11.1. The fourth-order valence-electron chi connectivity index (χ4n) is 6.47. The van der Waals surface area contributed by atoms with E-state index in [1.165, 1.54) is 0 Å². The Morgan fingerprint density at radius 1 is 1.24 bits per heavy atom. The van der Waals surface area contributed by atoms with E-state index >= 15 is 0 Å². The maximum atomic E-state index is 13.6. The number of aromatic nitrogens is 2. The summed E-state index contributed by atoms with van der Waals surface area (Å²) in [5.74, 6) is 1.77. The molecule has 0 bridgehead atoms.